The van der Waals surface area contributed by atoms with E-state index in [1.165, 1.54) is 30.4 Å². The molecule has 1 amide bonds. The van der Waals surface area contributed by atoms with E-state index in [0.29, 0.717) is 18.5 Å². The van der Waals surface area contributed by atoms with Gasteiger partial charge in [-0.3, -0.25) is 4.79 Å². The molecular weight excluding hydrogens is 224 g/mol. The SMILES string of the molecule is O=C1CCC(NC2CCCc3ccccc32)CN1. The minimum atomic E-state index is 0.192. The van der Waals surface area contributed by atoms with Crippen LogP contribution in [0.1, 0.15) is 42.9 Å². The van der Waals surface area contributed by atoms with Crippen LogP contribution >= 0.6 is 0 Å². The van der Waals surface area contributed by atoms with E-state index >= 15 is 0 Å². The molecule has 0 radical (unpaired) electrons. The Morgan fingerprint density at radius 1 is 1.17 bits per heavy atom. The molecule has 2 atom stereocenters. The third-order valence-electron chi connectivity index (χ3n) is 4.07. The van der Waals surface area contributed by atoms with Crippen LogP contribution in [-0.2, 0) is 11.2 Å². The van der Waals surface area contributed by atoms with E-state index in [1.807, 2.05) is 0 Å². The molecule has 2 unspecified atom stereocenters. The van der Waals surface area contributed by atoms with Crippen LogP contribution in [0.2, 0.25) is 0 Å². The molecule has 3 nitrogen and oxygen atoms in total. The van der Waals surface area contributed by atoms with Crippen LogP contribution < -0.4 is 10.6 Å². The molecular formula is C15H20N2O. The van der Waals surface area contributed by atoms with Gasteiger partial charge in [0.15, 0.2) is 0 Å². The van der Waals surface area contributed by atoms with Gasteiger partial charge in [0.25, 0.3) is 0 Å². The highest BCUT2D eigenvalue weighted by Crippen LogP contribution is 2.30. The number of rotatable bonds is 2. The third-order valence-corrected chi connectivity index (χ3v) is 4.07. The summed E-state index contributed by atoms with van der Waals surface area (Å²) in [5.74, 6) is 0.192. The Balaban J connectivity index is 1.69. The predicted molar refractivity (Wildman–Crippen MR) is 71.3 cm³/mol. The summed E-state index contributed by atoms with van der Waals surface area (Å²) in [5, 5.41) is 6.66. The van der Waals surface area contributed by atoms with Crippen molar-refractivity contribution in [2.24, 2.45) is 0 Å². The number of hydrogen-bond donors (Lipinski definition) is 2. The topological polar surface area (TPSA) is 41.1 Å². The summed E-state index contributed by atoms with van der Waals surface area (Å²) in [6.07, 6.45) is 5.29. The fraction of sp³-hybridized carbons (Fsp3) is 0.533. The Morgan fingerprint density at radius 3 is 2.89 bits per heavy atom. The lowest BCUT2D eigenvalue weighted by molar-refractivity contribution is -0.122. The van der Waals surface area contributed by atoms with Crippen LogP contribution in [0, 0.1) is 0 Å². The van der Waals surface area contributed by atoms with Crippen LogP contribution in [0.15, 0.2) is 24.3 Å². The maximum Gasteiger partial charge on any atom is 0.220 e. The third kappa shape index (κ3) is 2.41. The molecule has 3 heteroatoms. The molecule has 1 aromatic rings. The normalized spacial score (nSPS) is 27.4. The molecule has 0 spiro atoms. The molecule has 18 heavy (non-hydrogen) atoms. The van der Waals surface area contributed by atoms with E-state index in [-0.39, 0.29) is 5.91 Å². The quantitative estimate of drug-likeness (QED) is 0.834. The number of benzene rings is 1. The Labute approximate surface area is 108 Å². The second-order valence-corrected chi connectivity index (χ2v) is 5.35. The average Bonchev–Trinajstić information content (AvgIpc) is 2.42. The lowest BCUT2D eigenvalue weighted by atomic mass is 9.87. The van der Waals surface area contributed by atoms with Gasteiger partial charge in [0.05, 0.1) is 0 Å². The lowest BCUT2D eigenvalue weighted by Gasteiger charge is -2.32. The molecule has 1 saturated heterocycles. The van der Waals surface area contributed by atoms with Gasteiger partial charge in [0, 0.05) is 25.0 Å². The number of fused-ring (bicyclic) bond motifs is 1. The first kappa shape index (κ1) is 11.7. The molecule has 1 aliphatic heterocycles. The highest BCUT2D eigenvalue weighted by molar-refractivity contribution is 5.76. The van der Waals surface area contributed by atoms with Crippen molar-refractivity contribution in [3.63, 3.8) is 0 Å². The molecule has 1 aromatic carbocycles. The van der Waals surface area contributed by atoms with Crippen LogP contribution in [0.4, 0.5) is 0 Å². The summed E-state index contributed by atoms with van der Waals surface area (Å²) < 4.78 is 0. The molecule has 0 saturated carbocycles. The summed E-state index contributed by atoms with van der Waals surface area (Å²) in [5.41, 5.74) is 2.95. The maximum atomic E-state index is 11.2. The molecule has 0 bridgehead atoms. The number of hydrogen-bond acceptors (Lipinski definition) is 2. The molecule has 3 rings (SSSR count). The number of piperidine rings is 1. The van der Waals surface area contributed by atoms with Gasteiger partial charge < -0.3 is 10.6 Å². The summed E-state index contributed by atoms with van der Waals surface area (Å²) >= 11 is 0. The van der Waals surface area contributed by atoms with Gasteiger partial charge in [-0.05, 0) is 36.8 Å². The van der Waals surface area contributed by atoms with Gasteiger partial charge in [0.2, 0.25) is 5.91 Å². The van der Waals surface area contributed by atoms with E-state index in [9.17, 15) is 4.79 Å². The largest absolute Gasteiger partial charge is 0.355 e. The van der Waals surface area contributed by atoms with E-state index in [1.54, 1.807) is 0 Å². The van der Waals surface area contributed by atoms with Crippen molar-refractivity contribution in [2.45, 2.75) is 44.2 Å². The minimum absolute atomic E-state index is 0.192. The Hall–Kier alpha value is -1.35. The van der Waals surface area contributed by atoms with Gasteiger partial charge in [-0.25, -0.2) is 0 Å². The average molecular weight is 244 g/mol. The minimum Gasteiger partial charge on any atom is -0.355 e. The van der Waals surface area contributed by atoms with Crippen molar-refractivity contribution < 1.29 is 4.79 Å². The zero-order chi connectivity index (χ0) is 12.4. The second-order valence-electron chi connectivity index (χ2n) is 5.35. The van der Waals surface area contributed by atoms with Crippen LogP contribution in [0.3, 0.4) is 0 Å². The standard InChI is InChI=1S/C15H20N2O/c18-15-9-8-12(10-16-15)17-14-7-3-5-11-4-1-2-6-13(11)14/h1-2,4,6,12,14,17H,3,5,7-10H2,(H,16,18). The highest BCUT2D eigenvalue weighted by Gasteiger charge is 2.24. The summed E-state index contributed by atoms with van der Waals surface area (Å²) in [6, 6.07) is 9.64. The Bertz CT molecular complexity index is 434. The first-order valence-corrected chi connectivity index (χ1v) is 6.93. The monoisotopic (exact) mass is 244 g/mol. The maximum absolute atomic E-state index is 11.2. The van der Waals surface area contributed by atoms with Crippen molar-refractivity contribution in [3.05, 3.63) is 35.4 Å². The predicted octanol–water partition coefficient (Wildman–Crippen LogP) is 1.93. The molecule has 1 fully saturated rings. The number of amides is 1. The van der Waals surface area contributed by atoms with Crippen LogP contribution in [0.5, 0.6) is 0 Å². The van der Waals surface area contributed by atoms with E-state index in [4.69, 9.17) is 0 Å². The molecule has 2 aliphatic rings. The fourth-order valence-corrected chi connectivity index (χ4v) is 3.09. The van der Waals surface area contributed by atoms with E-state index in [0.717, 1.165) is 13.0 Å². The summed E-state index contributed by atoms with van der Waals surface area (Å²) in [4.78, 5) is 11.2. The van der Waals surface area contributed by atoms with E-state index in [2.05, 4.69) is 34.9 Å². The van der Waals surface area contributed by atoms with Crippen LogP contribution in [0.25, 0.3) is 0 Å². The number of nitrogens with one attached hydrogen (secondary N) is 2. The zero-order valence-electron chi connectivity index (χ0n) is 10.6. The first-order chi connectivity index (χ1) is 8.83. The number of aryl methyl sites for hydroxylation is 1. The molecule has 96 valence electrons. The van der Waals surface area contributed by atoms with Crippen molar-refractivity contribution in [2.75, 3.05) is 6.54 Å². The fourth-order valence-electron chi connectivity index (χ4n) is 3.09. The van der Waals surface area contributed by atoms with Gasteiger partial charge in [-0.2, -0.15) is 0 Å². The van der Waals surface area contributed by atoms with Crippen molar-refractivity contribution in [1.82, 2.24) is 10.6 Å². The smallest absolute Gasteiger partial charge is 0.220 e. The van der Waals surface area contributed by atoms with Gasteiger partial charge in [-0.15, -0.1) is 0 Å². The van der Waals surface area contributed by atoms with Gasteiger partial charge in [0.1, 0.15) is 0 Å². The van der Waals surface area contributed by atoms with E-state index < -0.39 is 0 Å². The molecule has 2 N–H and O–H groups in total. The van der Waals surface area contributed by atoms with Gasteiger partial charge >= 0.3 is 0 Å². The molecule has 1 aliphatic carbocycles. The van der Waals surface area contributed by atoms with Crippen molar-refractivity contribution >= 4 is 5.91 Å². The van der Waals surface area contributed by atoms with Gasteiger partial charge in [-0.1, -0.05) is 24.3 Å². The second kappa shape index (κ2) is 5.11. The summed E-state index contributed by atoms with van der Waals surface area (Å²) in [6.45, 7) is 0.775. The molecule has 0 aromatic heterocycles. The Morgan fingerprint density at radius 2 is 2.06 bits per heavy atom. The van der Waals surface area contributed by atoms with Crippen molar-refractivity contribution in [3.8, 4) is 0 Å². The summed E-state index contributed by atoms with van der Waals surface area (Å²) in [7, 11) is 0. The molecule has 1 heterocycles. The van der Waals surface area contributed by atoms with Crippen LogP contribution in [-0.4, -0.2) is 18.5 Å². The lowest BCUT2D eigenvalue weighted by Crippen LogP contribution is -2.47. The highest BCUT2D eigenvalue weighted by atomic mass is 16.1. The Kier molecular flexibility index (Phi) is 3.33. The number of carbonyl (C=O) groups is 1. The zero-order valence-corrected chi connectivity index (χ0v) is 10.6. The number of carbonyl (C=O) groups excluding carboxylic acids is 1. The van der Waals surface area contributed by atoms with Crippen molar-refractivity contribution in [1.29, 1.82) is 0 Å². The first-order valence-electron chi connectivity index (χ1n) is 6.93.